The molecule has 0 aliphatic rings. The van der Waals surface area contributed by atoms with Gasteiger partial charge in [0.2, 0.25) is 0 Å². The summed E-state index contributed by atoms with van der Waals surface area (Å²) >= 11 is 0. The van der Waals surface area contributed by atoms with Gasteiger partial charge >= 0.3 is 0 Å². The van der Waals surface area contributed by atoms with Crippen LogP contribution >= 0.6 is 0 Å². The first kappa shape index (κ1) is 17.5. The van der Waals surface area contributed by atoms with Gasteiger partial charge in [0.15, 0.2) is 5.82 Å². The molecule has 3 rings (SSSR count). The zero-order valence-corrected chi connectivity index (χ0v) is 14.8. The van der Waals surface area contributed by atoms with E-state index in [0.717, 1.165) is 17.1 Å². The van der Waals surface area contributed by atoms with E-state index in [0.29, 0.717) is 11.6 Å². The fraction of sp³-hybridized carbons (Fsp3) is 0.211. The summed E-state index contributed by atoms with van der Waals surface area (Å²) in [6.45, 7) is 5.70. The predicted octanol–water partition coefficient (Wildman–Crippen LogP) is 4.16. The van der Waals surface area contributed by atoms with E-state index in [4.69, 9.17) is 9.26 Å². The van der Waals surface area contributed by atoms with E-state index in [1.165, 1.54) is 0 Å². The van der Waals surface area contributed by atoms with Gasteiger partial charge in [0.25, 0.3) is 5.91 Å². The number of hydrogen-bond acceptors (Lipinski definition) is 6. The van der Waals surface area contributed by atoms with Crippen LogP contribution in [-0.4, -0.2) is 22.2 Å². The summed E-state index contributed by atoms with van der Waals surface area (Å²) in [5, 5.41) is 9.61. The van der Waals surface area contributed by atoms with Crippen molar-refractivity contribution in [2.24, 2.45) is 0 Å². The van der Waals surface area contributed by atoms with Gasteiger partial charge in [0.1, 0.15) is 17.2 Å². The van der Waals surface area contributed by atoms with Gasteiger partial charge in [-0.2, -0.15) is 0 Å². The van der Waals surface area contributed by atoms with Crippen molar-refractivity contribution in [2.75, 3.05) is 10.6 Å². The number of anilines is 3. The summed E-state index contributed by atoms with van der Waals surface area (Å²) in [7, 11) is 0. The van der Waals surface area contributed by atoms with Crippen molar-refractivity contribution < 1.29 is 14.1 Å². The molecule has 0 saturated heterocycles. The van der Waals surface area contributed by atoms with Crippen molar-refractivity contribution in [3.63, 3.8) is 0 Å². The van der Waals surface area contributed by atoms with Crippen LogP contribution in [0, 0.1) is 6.92 Å². The Morgan fingerprint density at radius 3 is 2.65 bits per heavy atom. The molecule has 0 aliphatic heterocycles. The van der Waals surface area contributed by atoms with Gasteiger partial charge in [0.05, 0.1) is 23.7 Å². The number of carbonyl (C=O) groups is 1. The number of hydrogen-bond donors (Lipinski definition) is 2. The fourth-order valence-corrected chi connectivity index (χ4v) is 2.29. The van der Waals surface area contributed by atoms with E-state index in [-0.39, 0.29) is 17.7 Å². The average molecular weight is 352 g/mol. The third kappa shape index (κ3) is 4.38. The normalized spacial score (nSPS) is 10.6. The fourth-order valence-electron chi connectivity index (χ4n) is 2.29. The van der Waals surface area contributed by atoms with Crippen LogP contribution < -0.4 is 15.4 Å². The number of benzene rings is 1. The minimum Gasteiger partial charge on any atom is -0.489 e. The molecular weight excluding hydrogens is 332 g/mol. The monoisotopic (exact) mass is 352 g/mol. The van der Waals surface area contributed by atoms with E-state index in [2.05, 4.69) is 20.8 Å². The molecule has 134 valence electrons. The molecule has 26 heavy (non-hydrogen) atoms. The number of aryl methyl sites for hydroxylation is 1. The second-order valence-corrected chi connectivity index (χ2v) is 6.00. The molecule has 3 aromatic rings. The van der Waals surface area contributed by atoms with Crippen LogP contribution in [0.4, 0.5) is 17.2 Å². The maximum absolute atomic E-state index is 12.2. The lowest BCUT2D eigenvalue weighted by atomic mass is 10.2. The van der Waals surface area contributed by atoms with Crippen molar-refractivity contribution in [3.05, 3.63) is 60.1 Å². The Bertz CT molecular complexity index is 888. The molecule has 2 heterocycles. The number of nitrogens with zero attached hydrogens (tertiary/aromatic N) is 2. The molecule has 1 aromatic carbocycles. The Morgan fingerprint density at radius 1 is 1.19 bits per heavy atom. The summed E-state index contributed by atoms with van der Waals surface area (Å²) in [4.78, 5) is 16.4. The lowest BCUT2D eigenvalue weighted by Crippen LogP contribution is -2.13. The van der Waals surface area contributed by atoms with Gasteiger partial charge in [-0.3, -0.25) is 4.79 Å². The Hall–Kier alpha value is -3.35. The van der Waals surface area contributed by atoms with Gasteiger partial charge in [-0.15, -0.1) is 0 Å². The van der Waals surface area contributed by atoms with Crippen LogP contribution in [0.3, 0.4) is 0 Å². The van der Waals surface area contributed by atoms with Crippen molar-refractivity contribution in [1.29, 1.82) is 0 Å². The topological polar surface area (TPSA) is 89.3 Å². The number of pyridine rings is 1. The SMILES string of the molecule is Cc1cc(NC(=O)c2ccc(Nc3ccccc3OC(C)C)cn2)no1. The second-order valence-electron chi connectivity index (χ2n) is 6.00. The minimum absolute atomic E-state index is 0.0716. The minimum atomic E-state index is -0.353. The highest BCUT2D eigenvalue weighted by Gasteiger charge is 2.11. The predicted molar refractivity (Wildman–Crippen MR) is 98.9 cm³/mol. The Labute approximate surface area is 151 Å². The highest BCUT2D eigenvalue weighted by atomic mass is 16.5. The molecule has 0 unspecified atom stereocenters. The Balaban J connectivity index is 1.69. The molecule has 2 aromatic heterocycles. The lowest BCUT2D eigenvalue weighted by Gasteiger charge is -2.15. The van der Waals surface area contributed by atoms with Crippen molar-refractivity contribution in [1.82, 2.24) is 10.1 Å². The molecule has 7 nitrogen and oxygen atoms in total. The quantitative estimate of drug-likeness (QED) is 0.692. The number of ether oxygens (including phenoxy) is 1. The molecule has 1 amide bonds. The van der Waals surface area contributed by atoms with E-state index in [1.54, 1.807) is 31.3 Å². The maximum atomic E-state index is 12.2. The molecule has 7 heteroatoms. The molecule has 0 atom stereocenters. The number of carbonyl (C=O) groups excluding carboxylic acids is 1. The van der Waals surface area contributed by atoms with E-state index < -0.39 is 0 Å². The van der Waals surface area contributed by atoms with Crippen LogP contribution in [0.5, 0.6) is 5.75 Å². The number of para-hydroxylation sites is 2. The van der Waals surface area contributed by atoms with E-state index in [1.807, 2.05) is 38.1 Å². The highest BCUT2D eigenvalue weighted by molar-refractivity contribution is 6.02. The average Bonchev–Trinajstić information content (AvgIpc) is 3.01. The van der Waals surface area contributed by atoms with Crippen LogP contribution in [0.25, 0.3) is 0 Å². The molecule has 0 radical (unpaired) electrons. The zero-order chi connectivity index (χ0) is 18.5. The largest absolute Gasteiger partial charge is 0.489 e. The first-order valence-corrected chi connectivity index (χ1v) is 8.24. The molecule has 0 bridgehead atoms. The summed E-state index contributed by atoms with van der Waals surface area (Å²) in [6.07, 6.45) is 1.66. The van der Waals surface area contributed by atoms with E-state index >= 15 is 0 Å². The standard InChI is InChI=1S/C19H20N4O3/c1-12(2)25-17-7-5-4-6-15(17)21-14-8-9-16(20-11-14)19(24)22-18-10-13(3)26-23-18/h4-12,21H,1-3H3,(H,22,23,24). The summed E-state index contributed by atoms with van der Waals surface area (Å²) < 4.78 is 10.7. The van der Waals surface area contributed by atoms with Crippen LogP contribution in [-0.2, 0) is 0 Å². The summed E-state index contributed by atoms with van der Waals surface area (Å²) in [5.41, 5.74) is 1.86. The van der Waals surface area contributed by atoms with Crippen molar-refractivity contribution in [3.8, 4) is 5.75 Å². The smallest absolute Gasteiger partial charge is 0.275 e. The van der Waals surface area contributed by atoms with Crippen LogP contribution in [0.1, 0.15) is 30.1 Å². The highest BCUT2D eigenvalue weighted by Crippen LogP contribution is 2.28. The number of amides is 1. The van der Waals surface area contributed by atoms with Gasteiger partial charge in [-0.25, -0.2) is 4.98 Å². The number of aromatic nitrogens is 2. The van der Waals surface area contributed by atoms with Crippen LogP contribution in [0.15, 0.2) is 53.2 Å². The van der Waals surface area contributed by atoms with Gasteiger partial charge < -0.3 is 19.9 Å². The molecular formula is C19H20N4O3. The zero-order valence-electron chi connectivity index (χ0n) is 14.8. The second kappa shape index (κ2) is 7.69. The third-order valence-corrected chi connectivity index (χ3v) is 3.39. The Kier molecular flexibility index (Phi) is 5.17. The molecule has 0 spiro atoms. The first-order valence-electron chi connectivity index (χ1n) is 8.24. The molecule has 0 aliphatic carbocycles. The first-order chi connectivity index (χ1) is 12.5. The molecule has 0 saturated carbocycles. The maximum Gasteiger partial charge on any atom is 0.275 e. The van der Waals surface area contributed by atoms with E-state index in [9.17, 15) is 4.79 Å². The number of rotatable bonds is 6. The van der Waals surface area contributed by atoms with Crippen molar-refractivity contribution in [2.45, 2.75) is 26.9 Å². The van der Waals surface area contributed by atoms with Crippen molar-refractivity contribution >= 4 is 23.1 Å². The summed E-state index contributed by atoms with van der Waals surface area (Å²) in [6, 6.07) is 12.7. The Morgan fingerprint density at radius 2 is 2.00 bits per heavy atom. The van der Waals surface area contributed by atoms with Gasteiger partial charge in [-0.05, 0) is 45.0 Å². The van der Waals surface area contributed by atoms with Gasteiger partial charge in [-0.1, -0.05) is 17.3 Å². The number of nitrogens with one attached hydrogen (secondary N) is 2. The third-order valence-electron chi connectivity index (χ3n) is 3.39. The van der Waals surface area contributed by atoms with Crippen LogP contribution in [0.2, 0.25) is 0 Å². The molecule has 2 N–H and O–H groups in total. The summed E-state index contributed by atoms with van der Waals surface area (Å²) in [5.74, 6) is 1.38. The lowest BCUT2D eigenvalue weighted by molar-refractivity contribution is 0.102. The van der Waals surface area contributed by atoms with Gasteiger partial charge in [0, 0.05) is 6.07 Å². The molecule has 0 fully saturated rings.